The molecule has 3 N–H and O–H groups in total. The third-order valence-corrected chi connectivity index (χ3v) is 2.85. The molecule has 0 amide bonds. The van der Waals surface area contributed by atoms with Crippen molar-refractivity contribution in [2.75, 3.05) is 32.7 Å². The van der Waals surface area contributed by atoms with Gasteiger partial charge in [-0.25, -0.2) is 4.98 Å². The number of halogens is 3. The molecule has 0 spiro atoms. The molecule has 0 saturated heterocycles. The van der Waals surface area contributed by atoms with E-state index < -0.39 is 11.9 Å². The van der Waals surface area contributed by atoms with Crippen LogP contribution in [0.1, 0.15) is 11.3 Å². The quantitative estimate of drug-likeness (QED) is 0.746. The number of anilines is 1. The molecule has 0 radical (unpaired) electrons. The van der Waals surface area contributed by atoms with Gasteiger partial charge in [-0.3, -0.25) is 0 Å². The molecule has 0 aliphatic carbocycles. The number of nitrogens with two attached hydrogens (primary N) is 1. The first-order chi connectivity index (χ1) is 9.79. The average molecular weight is 323 g/mol. The van der Waals surface area contributed by atoms with E-state index >= 15 is 0 Å². The highest BCUT2D eigenvalue weighted by Crippen LogP contribution is 2.29. The zero-order chi connectivity index (χ0) is 16.0. The second kappa shape index (κ2) is 7.53. The molecule has 21 heavy (non-hydrogen) atoms. The van der Waals surface area contributed by atoms with Crippen molar-refractivity contribution in [1.29, 1.82) is 0 Å². The number of hydrogen-bond donors (Lipinski definition) is 2. The van der Waals surface area contributed by atoms with Crippen molar-refractivity contribution in [3.8, 4) is 0 Å². The van der Waals surface area contributed by atoms with Crippen LogP contribution in [0.2, 0.25) is 0 Å². The van der Waals surface area contributed by atoms with Gasteiger partial charge in [-0.05, 0) is 12.1 Å². The molecule has 1 heterocycles. The van der Waals surface area contributed by atoms with E-state index in [-0.39, 0.29) is 35.6 Å². The van der Waals surface area contributed by atoms with Crippen LogP contribution in [0.15, 0.2) is 12.1 Å². The number of ether oxygens (including phenoxy) is 2. The normalized spacial score (nSPS) is 13.0. The predicted molar refractivity (Wildman–Crippen MR) is 76.3 cm³/mol. The minimum absolute atomic E-state index is 0.0320. The Balaban J connectivity index is 2.98. The van der Waals surface area contributed by atoms with E-state index in [9.17, 15) is 13.2 Å². The number of methoxy groups -OCH3 is 2. The molecule has 0 aliphatic heterocycles. The molecule has 0 aliphatic rings. The van der Waals surface area contributed by atoms with Crippen molar-refractivity contribution in [3.63, 3.8) is 0 Å². The first kappa shape index (κ1) is 17.6. The fourth-order valence-electron chi connectivity index (χ4n) is 1.56. The fourth-order valence-corrected chi connectivity index (χ4v) is 1.72. The number of aromatic nitrogens is 1. The number of thiocarbonyl (C=S) groups is 1. The fraction of sp³-hybridized carbons (Fsp3) is 0.500. The van der Waals surface area contributed by atoms with Crippen LogP contribution in [0, 0.1) is 0 Å². The van der Waals surface area contributed by atoms with E-state index in [1.165, 1.54) is 20.3 Å². The molecule has 0 fully saturated rings. The van der Waals surface area contributed by atoms with Crippen LogP contribution in [0.5, 0.6) is 0 Å². The molecule has 5 nitrogen and oxygen atoms in total. The average Bonchev–Trinajstić information content (AvgIpc) is 2.41. The lowest BCUT2D eigenvalue weighted by atomic mass is 10.2. The van der Waals surface area contributed by atoms with Gasteiger partial charge in [0.15, 0.2) is 0 Å². The molecule has 1 aromatic rings. The highest BCUT2D eigenvalue weighted by Gasteiger charge is 2.33. The maximum Gasteiger partial charge on any atom is 0.433 e. The maximum atomic E-state index is 12.7. The number of alkyl halides is 3. The maximum absolute atomic E-state index is 12.7. The Bertz CT molecular complexity index is 497. The Morgan fingerprint density at radius 3 is 2.57 bits per heavy atom. The minimum atomic E-state index is -4.54. The molecule has 1 unspecified atom stereocenters. The Labute approximate surface area is 125 Å². The van der Waals surface area contributed by atoms with Crippen LogP contribution < -0.4 is 11.1 Å². The van der Waals surface area contributed by atoms with Gasteiger partial charge in [-0.15, -0.1) is 0 Å². The molecule has 9 heteroatoms. The van der Waals surface area contributed by atoms with E-state index in [0.29, 0.717) is 0 Å². The van der Waals surface area contributed by atoms with Crippen molar-refractivity contribution in [2.45, 2.75) is 12.3 Å². The molecule has 118 valence electrons. The minimum Gasteiger partial charge on any atom is -0.389 e. The lowest BCUT2D eigenvalue weighted by Gasteiger charge is -2.18. The zero-order valence-electron chi connectivity index (χ0n) is 11.5. The lowest BCUT2D eigenvalue weighted by molar-refractivity contribution is -0.141. The second-order valence-corrected chi connectivity index (χ2v) is 4.59. The standard InChI is InChI=1S/C12H16F3N3O2S/c1-19-6-7(20-2)5-17-11-8(10(16)21)3-4-9(18-11)12(13,14)15/h3-4,7H,5-6H2,1-2H3,(H2,16,21)(H,17,18). The summed E-state index contributed by atoms with van der Waals surface area (Å²) in [5, 5.41) is 2.76. The van der Waals surface area contributed by atoms with E-state index in [1.807, 2.05) is 0 Å². The van der Waals surface area contributed by atoms with E-state index in [2.05, 4.69) is 10.3 Å². The number of hydrogen-bond acceptors (Lipinski definition) is 5. The summed E-state index contributed by atoms with van der Waals surface area (Å²) in [6.45, 7) is 0.485. The van der Waals surface area contributed by atoms with Crippen molar-refractivity contribution >= 4 is 23.0 Å². The topological polar surface area (TPSA) is 69.4 Å². The van der Waals surface area contributed by atoms with Crippen LogP contribution in [-0.2, 0) is 15.7 Å². The summed E-state index contributed by atoms with van der Waals surface area (Å²) in [7, 11) is 2.97. The lowest BCUT2D eigenvalue weighted by Crippen LogP contribution is -2.28. The summed E-state index contributed by atoms with van der Waals surface area (Å²) in [5.74, 6) is -0.0320. The Hall–Kier alpha value is -1.45. The number of nitrogens with one attached hydrogen (secondary N) is 1. The van der Waals surface area contributed by atoms with Gasteiger partial charge in [0.1, 0.15) is 16.5 Å². The van der Waals surface area contributed by atoms with Crippen LogP contribution in [0.4, 0.5) is 19.0 Å². The predicted octanol–water partition coefficient (Wildman–Crippen LogP) is 1.81. The van der Waals surface area contributed by atoms with Crippen molar-refractivity contribution in [2.24, 2.45) is 5.73 Å². The van der Waals surface area contributed by atoms with E-state index in [0.717, 1.165) is 6.07 Å². The summed E-state index contributed by atoms with van der Waals surface area (Å²) >= 11 is 4.81. The molecule has 0 saturated carbocycles. The first-order valence-electron chi connectivity index (χ1n) is 5.93. The molecular formula is C12H16F3N3O2S. The van der Waals surface area contributed by atoms with Gasteiger partial charge < -0.3 is 20.5 Å². The van der Waals surface area contributed by atoms with Crippen LogP contribution in [-0.4, -0.2) is 43.4 Å². The van der Waals surface area contributed by atoms with Gasteiger partial charge in [-0.2, -0.15) is 13.2 Å². The summed E-state index contributed by atoms with van der Waals surface area (Å²) < 4.78 is 48.1. The van der Waals surface area contributed by atoms with Crippen LogP contribution in [0.3, 0.4) is 0 Å². The number of rotatable bonds is 7. The van der Waals surface area contributed by atoms with Gasteiger partial charge >= 0.3 is 6.18 Å². The molecule has 0 bridgehead atoms. The summed E-state index contributed by atoms with van der Waals surface area (Å²) in [4.78, 5) is 3.49. The molecule has 1 rings (SSSR count). The van der Waals surface area contributed by atoms with Gasteiger partial charge in [0.05, 0.1) is 18.3 Å². The summed E-state index contributed by atoms with van der Waals surface area (Å²) in [5.41, 5.74) is 4.70. The third kappa shape index (κ3) is 5.10. The highest BCUT2D eigenvalue weighted by molar-refractivity contribution is 7.80. The SMILES string of the molecule is COCC(CNc1nc(C(F)(F)F)ccc1C(N)=S)OC. The molecule has 0 aromatic carbocycles. The van der Waals surface area contributed by atoms with Crippen LogP contribution >= 0.6 is 12.2 Å². The van der Waals surface area contributed by atoms with Crippen molar-refractivity contribution in [1.82, 2.24) is 4.98 Å². The Kier molecular flexibility index (Phi) is 6.31. The summed E-state index contributed by atoms with van der Waals surface area (Å²) in [6.07, 6.45) is -4.89. The van der Waals surface area contributed by atoms with E-state index in [1.54, 1.807) is 0 Å². The van der Waals surface area contributed by atoms with Gasteiger partial charge in [0.2, 0.25) is 0 Å². The highest BCUT2D eigenvalue weighted by atomic mass is 32.1. The monoisotopic (exact) mass is 323 g/mol. The molecule has 1 aromatic heterocycles. The third-order valence-electron chi connectivity index (χ3n) is 2.63. The summed E-state index contributed by atoms with van der Waals surface area (Å²) in [6, 6.07) is 2.03. The Morgan fingerprint density at radius 1 is 1.43 bits per heavy atom. The largest absolute Gasteiger partial charge is 0.433 e. The van der Waals surface area contributed by atoms with E-state index in [4.69, 9.17) is 27.4 Å². The second-order valence-electron chi connectivity index (χ2n) is 4.15. The van der Waals surface area contributed by atoms with Crippen LogP contribution in [0.25, 0.3) is 0 Å². The zero-order valence-corrected chi connectivity index (χ0v) is 12.3. The number of nitrogens with zero attached hydrogens (tertiary/aromatic N) is 1. The molecular weight excluding hydrogens is 307 g/mol. The molecule has 1 atom stereocenters. The first-order valence-corrected chi connectivity index (χ1v) is 6.34. The Morgan fingerprint density at radius 2 is 2.10 bits per heavy atom. The smallest absolute Gasteiger partial charge is 0.389 e. The van der Waals surface area contributed by atoms with Gasteiger partial charge in [0, 0.05) is 20.8 Å². The number of pyridine rings is 1. The van der Waals surface area contributed by atoms with Gasteiger partial charge in [0.25, 0.3) is 0 Å². The van der Waals surface area contributed by atoms with Gasteiger partial charge in [-0.1, -0.05) is 12.2 Å². The van der Waals surface area contributed by atoms with Crippen molar-refractivity contribution in [3.05, 3.63) is 23.4 Å². The van der Waals surface area contributed by atoms with Crippen molar-refractivity contribution < 1.29 is 22.6 Å².